The maximum atomic E-state index is 12.1. The monoisotopic (exact) mass is 361 g/mol. The van der Waals surface area contributed by atoms with Gasteiger partial charge in [0.05, 0.1) is 23.1 Å². The molecule has 116 valence electrons. The van der Waals surface area contributed by atoms with Crippen LogP contribution in [-0.4, -0.2) is 17.4 Å². The molecule has 0 atom stereocenters. The number of aromatic nitrogens is 1. The van der Waals surface area contributed by atoms with Gasteiger partial charge in [0.2, 0.25) is 0 Å². The predicted octanol–water partition coefficient (Wildman–Crippen LogP) is 4.36. The van der Waals surface area contributed by atoms with E-state index in [0.29, 0.717) is 18.0 Å². The molecule has 22 heavy (non-hydrogen) atoms. The number of benzene rings is 1. The summed E-state index contributed by atoms with van der Waals surface area (Å²) in [6, 6.07) is 9.62. The third kappa shape index (κ3) is 4.84. The first-order valence-electron chi connectivity index (χ1n) is 7.31. The van der Waals surface area contributed by atoms with Gasteiger partial charge in [0, 0.05) is 17.2 Å². The van der Waals surface area contributed by atoms with E-state index in [2.05, 4.69) is 45.4 Å². The van der Waals surface area contributed by atoms with E-state index in [1.54, 1.807) is 18.5 Å². The van der Waals surface area contributed by atoms with Gasteiger partial charge in [-0.3, -0.25) is 9.78 Å². The summed E-state index contributed by atoms with van der Waals surface area (Å²) >= 11 is 3.49. The standard InChI is InChI=1S/C17H20BrN3O/c1-12(2)7-8-20-17(22)13-9-14(11-19-10-13)21-16-6-4-3-5-15(16)18/h3-6,9-12,21H,7-8H2,1-2H3,(H,20,22). The maximum absolute atomic E-state index is 12.1. The number of hydrogen-bond donors (Lipinski definition) is 2. The summed E-state index contributed by atoms with van der Waals surface area (Å²) in [6.45, 7) is 4.95. The van der Waals surface area contributed by atoms with Crippen LogP contribution in [-0.2, 0) is 0 Å². The number of amides is 1. The van der Waals surface area contributed by atoms with E-state index in [4.69, 9.17) is 0 Å². The van der Waals surface area contributed by atoms with Crippen LogP contribution in [0.1, 0.15) is 30.6 Å². The van der Waals surface area contributed by atoms with Crippen LogP contribution in [0.3, 0.4) is 0 Å². The van der Waals surface area contributed by atoms with E-state index in [1.165, 1.54) is 0 Å². The highest BCUT2D eigenvalue weighted by atomic mass is 79.9. The Hall–Kier alpha value is -1.88. The molecule has 0 radical (unpaired) electrons. The Morgan fingerprint density at radius 2 is 2.05 bits per heavy atom. The van der Waals surface area contributed by atoms with Gasteiger partial charge < -0.3 is 10.6 Å². The first kappa shape index (κ1) is 16.5. The second kappa shape index (κ2) is 7.94. The van der Waals surface area contributed by atoms with Crippen LogP contribution in [0.5, 0.6) is 0 Å². The summed E-state index contributed by atoms with van der Waals surface area (Å²) in [6.07, 6.45) is 4.24. The quantitative estimate of drug-likeness (QED) is 0.803. The van der Waals surface area contributed by atoms with Gasteiger partial charge in [-0.2, -0.15) is 0 Å². The molecule has 0 fully saturated rings. The van der Waals surface area contributed by atoms with Gasteiger partial charge in [-0.25, -0.2) is 0 Å². The third-order valence-electron chi connectivity index (χ3n) is 3.16. The van der Waals surface area contributed by atoms with E-state index in [9.17, 15) is 4.79 Å². The molecule has 0 spiro atoms. The normalized spacial score (nSPS) is 10.5. The van der Waals surface area contributed by atoms with Crippen LogP contribution in [0.25, 0.3) is 0 Å². The van der Waals surface area contributed by atoms with E-state index in [1.807, 2.05) is 24.3 Å². The van der Waals surface area contributed by atoms with E-state index in [-0.39, 0.29) is 5.91 Å². The smallest absolute Gasteiger partial charge is 0.252 e. The second-order valence-corrected chi connectivity index (χ2v) is 6.36. The Labute approximate surface area is 139 Å². The molecule has 0 aliphatic heterocycles. The number of nitrogens with one attached hydrogen (secondary N) is 2. The number of carbonyl (C=O) groups is 1. The van der Waals surface area contributed by atoms with Crippen molar-refractivity contribution in [1.82, 2.24) is 10.3 Å². The Balaban J connectivity index is 2.03. The highest BCUT2D eigenvalue weighted by molar-refractivity contribution is 9.10. The summed E-state index contributed by atoms with van der Waals surface area (Å²) in [5.41, 5.74) is 2.27. The lowest BCUT2D eigenvalue weighted by molar-refractivity contribution is 0.0951. The molecular formula is C17H20BrN3O. The van der Waals surface area contributed by atoms with Crippen molar-refractivity contribution >= 4 is 33.2 Å². The molecule has 1 aromatic heterocycles. The Kier molecular flexibility index (Phi) is 5.95. The molecule has 2 rings (SSSR count). The number of para-hydroxylation sites is 1. The highest BCUT2D eigenvalue weighted by Gasteiger charge is 2.07. The van der Waals surface area contributed by atoms with Gasteiger partial charge in [0.15, 0.2) is 0 Å². The van der Waals surface area contributed by atoms with Crippen LogP contribution < -0.4 is 10.6 Å². The minimum absolute atomic E-state index is 0.0936. The number of nitrogens with zero attached hydrogens (tertiary/aromatic N) is 1. The zero-order valence-corrected chi connectivity index (χ0v) is 14.4. The Bertz CT molecular complexity index is 643. The fourth-order valence-corrected chi connectivity index (χ4v) is 2.31. The number of rotatable bonds is 6. The lowest BCUT2D eigenvalue weighted by Crippen LogP contribution is -2.25. The minimum atomic E-state index is -0.0936. The second-order valence-electron chi connectivity index (χ2n) is 5.51. The summed E-state index contributed by atoms with van der Waals surface area (Å²) in [5.74, 6) is 0.478. The summed E-state index contributed by atoms with van der Waals surface area (Å²) < 4.78 is 0.960. The zero-order chi connectivity index (χ0) is 15.9. The van der Waals surface area contributed by atoms with Crippen molar-refractivity contribution in [3.63, 3.8) is 0 Å². The molecule has 0 saturated heterocycles. The topological polar surface area (TPSA) is 54.0 Å². The Morgan fingerprint density at radius 3 is 2.77 bits per heavy atom. The van der Waals surface area contributed by atoms with E-state index >= 15 is 0 Å². The molecular weight excluding hydrogens is 342 g/mol. The van der Waals surface area contributed by atoms with Crippen LogP contribution in [0.15, 0.2) is 47.2 Å². The first-order valence-corrected chi connectivity index (χ1v) is 8.10. The first-order chi connectivity index (χ1) is 10.6. The molecule has 1 aromatic carbocycles. The van der Waals surface area contributed by atoms with Crippen LogP contribution in [0.2, 0.25) is 0 Å². The molecule has 1 heterocycles. The summed E-state index contributed by atoms with van der Waals surface area (Å²) in [5, 5.41) is 6.17. The van der Waals surface area contributed by atoms with Crippen LogP contribution >= 0.6 is 15.9 Å². The van der Waals surface area contributed by atoms with Crippen molar-refractivity contribution in [2.24, 2.45) is 5.92 Å². The van der Waals surface area contributed by atoms with Gasteiger partial charge in [-0.05, 0) is 46.5 Å². The number of hydrogen-bond acceptors (Lipinski definition) is 3. The number of anilines is 2. The Morgan fingerprint density at radius 1 is 1.27 bits per heavy atom. The number of halogens is 1. The lowest BCUT2D eigenvalue weighted by atomic mass is 10.1. The molecule has 0 unspecified atom stereocenters. The molecule has 0 saturated carbocycles. The molecule has 0 bridgehead atoms. The molecule has 4 nitrogen and oxygen atoms in total. The average Bonchev–Trinajstić information content (AvgIpc) is 2.49. The predicted molar refractivity (Wildman–Crippen MR) is 93.4 cm³/mol. The largest absolute Gasteiger partial charge is 0.353 e. The lowest BCUT2D eigenvalue weighted by Gasteiger charge is -2.10. The van der Waals surface area contributed by atoms with Gasteiger partial charge >= 0.3 is 0 Å². The molecule has 0 aliphatic carbocycles. The van der Waals surface area contributed by atoms with Crippen molar-refractivity contribution in [2.75, 3.05) is 11.9 Å². The van der Waals surface area contributed by atoms with Crippen molar-refractivity contribution in [2.45, 2.75) is 20.3 Å². The summed E-state index contributed by atoms with van der Waals surface area (Å²) in [7, 11) is 0. The van der Waals surface area contributed by atoms with Gasteiger partial charge in [-0.1, -0.05) is 26.0 Å². The van der Waals surface area contributed by atoms with Crippen molar-refractivity contribution < 1.29 is 4.79 Å². The van der Waals surface area contributed by atoms with Crippen molar-refractivity contribution in [1.29, 1.82) is 0 Å². The molecule has 1 amide bonds. The van der Waals surface area contributed by atoms with Gasteiger partial charge in [0.1, 0.15) is 0 Å². The SMILES string of the molecule is CC(C)CCNC(=O)c1cncc(Nc2ccccc2Br)c1. The molecule has 5 heteroatoms. The molecule has 2 N–H and O–H groups in total. The van der Waals surface area contributed by atoms with Gasteiger partial charge in [0.25, 0.3) is 5.91 Å². The minimum Gasteiger partial charge on any atom is -0.353 e. The highest BCUT2D eigenvalue weighted by Crippen LogP contribution is 2.25. The zero-order valence-electron chi connectivity index (χ0n) is 12.8. The molecule has 2 aromatic rings. The van der Waals surface area contributed by atoms with Crippen LogP contribution in [0.4, 0.5) is 11.4 Å². The fourth-order valence-electron chi connectivity index (χ4n) is 1.93. The fraction of sp³-hybridized carbons (Fsp3) is 0.294. The average molecular weight is 362 g/mol. The third-order valence-corrected chi connectivity index (χ3v) is 3.85. The van der Waals surface area contributed by atoms with E-state index in [0.717, 1.165) is 22.3 Å². The number of pyridine rings is 1. The van der Waals surface area contributed by atoms with Crippen molar-refractivity contribution in [3.8, 4) is 0 Å². The van der Waals surface area contributed by atoms with Crippen molar-refractivity contribution in [3.05, 3.63) is 52.8 Å². The summed E-state index contributed by atoms with van der Waals surface area (Å²) in [4.78, 5) is 16.2. The maximum Gasteiger partial charge on any atom is 0.252 e. The van der Waals surface area contributed by atoms with Gasteiger partial charge in [-0.15, -0.1) is 0 Å². The number of carbonyl (C=O) groups excluding carboxylic acids is 1. The van der Waals surface area contributed by atoms with Crippen LogP contribution in [0, 0.1) is 5.92 Å². The molecule has 0 aliphatic rings. The van der Waals surface area contributed by atoms with E-state index < -0.39 is 0 Å².